The van der Waals surface area contributed by atoms with Crippen molar-refractivity contribution in [1.29, 1.82) is 0 Å². The lowest BCUT2D eigenvalue weighted by molar-refractivity contribution is 0.396. The molecule has 140 valence electrons. The molecule has 1 aromatic heterocycles. The lowest BCUT2D eigenvalue weighted by atomic mass is 10.2. The number of benzene rings is 2. The summed E-state index contributed by atoms with van der Waals surface area (Å²) in [5, 5.41) is 6.73. The highest BCUT2D eigenvalue weighted by molar-refractivity contribution is 9.10. The maximum absolute atomic E-state index is 6.24. The van der Waals surface area contributed by atoms with Crippen molar-refractivity contribution in [3.8, 4) is 11.5 Å². The van der Waals surface area contributed by atoms with Gasteiger partial charge in [0.25, 0.3) is 0 Å². The van der Waals surface area contributed by atoms with Gasteiger partial charge in [0.1, 0.15) is 23.5 Å². The number of nitrogen functional groups attached to an aromatic ring is 1. The summed E-state index contributed by atoms with van der Waals surface area (Å²) in [5.41, 5.74) is 8.04. The Bertz CT molecular complexity index is 953. The number of nitrogens with zero attached hydrogens (tertiary/aromatic N) is 2. The molecule has 4 N–H and O–H groups in total. The number of hydrogen-bond donors (Lipinski definition) is 3. The highest BCUT2D eigenvalue weighted by Gasteiger charge is 2.14. The van der Waals surface area contributed by atoms with Gasteiger partial charge < -0.3 is 25.8 Å². The number of nitrogens with two attached hydrogens (primary N) is 1. The predicted octanol–water partition coefficient (Wildman–Crippen LogP) is 4.98. The van der Waals surface area contributed by atoms with Crippen molar-refractivity contribution in [3.05, 3.63) is 52.2 Å². The Kier molecular flexibility index (Phi) is 5.88. The molecular formula is C18H17BrClN5O2. The van der Waals surface area contributed by atoms with Crippen molar-refractivity contribution < 1.29 is 9.47 Å². The van der Waals surface area contributed by atoms with Crippen LogP contribution in [0, 0.1) is 0 Å². The molecule has 7 nitrogen and oxygen atoms in total. The van der Waals surface area contributed by atoms with Crippen LogP contribution in [0.25, 0.3) is 0 Å². The van der Waals surface area contributed by atoms with Crippen molar-refractivity contribution in [3.63, 3.8) is 0 Å². The zero-order valence-corrected chi connectivity index (χ0v) is 16.9. The van der Waals surface area contributed by atoms with E-state index in [-0.39, 0.29) is 0 Å². The second-order valence-corrected chi connectivity index (χ2v) is 6.75. The number of methoxy groups -OCH3 is 2. The van der Waals surface area contributed by atoms with E-state index in [1.54, 1.807) is 19.2 Å². The molecule has 0 spiro atoms. The Morgan fingerprint density at radius 1 is 0.963 bits per heavy atom. The monoisotopic (exact) mass is 449 g/mol. The summed E-state index contributed by atoms with van der Waals surface area (Å²) in [4.78, 5) is 8.42. The third-order valence-electron chi connectivity index (χ3n) is 3.72. The van der Waals surface area contributed by atoms with Crippen molar-refractivity contribution in [2.45, 2.75) is 0 Å². The van der Waals surface area contributed by atoms with Crippen molar-refractivity contribution in [2.24, 2.45) is 0 Å². The Hall–Kier alpha value is -2.71. The summed E-state index contributed by atoms with van der Waals surface area (Å²) in [5.74, 6) is 1.95. The van der Waals surface area contributed by atoms with Gasteiger partial charge in [0, 0.05) is 16.2 Å². The smallest absolute Gasteiger partial charge is 0.159 e. The highest BCUT2D eigenvalue weighted by Crippen LogP contribution is 2.38. The number of ether oxygens (including phenoxy) is 2. The average molecular weight is 451 g/mol. The van der Waals surface area contributed by atoms with E-state index in [4.69, 9.17) is 26.8 Å². The molecule has 0 aliphatic rings. The zero-order chi connectivity index (χ0) is 19.4. The average Bonchev–Trinajstić information content (AvgIpc) is 2.67. The number of rotatable bonds is 6. The molecule has 0 fully saturated rings. The molecule has 9 heteroatoms. The van der Waals surface area contributed by atoms with Crippen LogP contribution in [0.3, 0.4) is 0 Å². The largest absolute Gasteiger partial charge is 0.495 e. The second kappa shape index (κ2) is 8.32. The van der Waals surface area contributed by atoms with Crippen LogP contribution < -0.4 is 25.8 Å². The fourth-order valence-electron chi connectivity index (χ4n) is 2.35. The summed E-state index contributed by atoms with van der Waals surface area (Å²) in [7, 11) is 3.09. The molecule has 0 saturated heterocycles. The van der Waals surface area contributed by atoms with Crippen LogP contribution in [-0.2, 0) is 0 Å². The van der Waals surface area contributed by atoms with Crippen LogP contribution in [0.5, 0.6) is 11.5 Å². The Labute approximate surface area is 170 Å². The van der Waals surface area contributed by atoms with Crippen molar-refractivity contribution in [2.75, 3.05) is 30.6 Å². The van der Waals surface area contributed by atoms with Crippen LogP contribution in [0.15, 0.2) is 47.2 Å². The first-order valence-corrected chi connectivity index (χ1v) is 9.00. The van der Waals surface area contributed by atoms with Crippen LogP contribution >= 0.6 is 27.5 Å². The van der Waals surface area contributed by atoms with Gasteiger partial charge in [-0.1, -0.05) is 27.5 Å². The SMILES string of the molecule is COc1cc(OC)c(Nc2ncnc(Nc3ccc(Br)cc3)c2N)cc1Cl. The van der Waals surface area contributed by atoms with Gasteiger partial charge >= 0.3 is 0 Å². The Morgan fingerprint density at radius 2 is 1.59 bits per heavy atom. The van der Waals surface area contributed by atoms with Gasteiger partial charge in [0.05, 0.1) is 24.9 Å². The van der Waals surface area contributed by atoms with Gasteiger partial charge in [-0.05, 0) is 30.3 Å². The molecule has 0 unspecified atom stereocenters. The van der Waals surface area contributed by atoms with Gasteiger partial charge in [0.15, 0.2) is 11.6 Å². The van der Waals surface area contributed by atoms with E-state index in [0.717, 1.165) is 10.2 Å². The lowest BCUT2D eigenvalue weighted by Gasteiger charge is -2.16. The van der Waals surface area contributed by atoms with E-state index in [1.807, 2.05) is 24.3 Å². The van der Waals surface area contributed by atoms with Crippen LogP contribution in [0.2, 0.25) is 5.02 Å². The fraction of sp³-hybridized carbons (Fsp3) is 0.111. The van der Waals surface area contributed by atoms with Gasteiger partial charge in [-0.25, -0.2) is 9.97 Å². The van der Waals surface area contributed by atoms with Crippen LogP contribution in [0.1, 0.15) is 0 Å². The molecule has 3 aromatic rings. The molecule has 2 aromatic carbocycles. The molecule has 0 aliphatic carbocycles. The molecule has 3 rings (SSSR count). The minimum atomic E-state index is 0.356. The molecular weight excluding hydrogens is 434 g/mol. The topological polar surface area (TPSA) is 94.3 Å². The van der Waals surface area contributed by atoms with E-state index in [0.29, 0.717) is 39.5 Å². The summed E-state index contributed by atoms with van der Waals surface area (Å²) in [6, 6.07) is 11.0. The van der Waals surface area contributed by atoms with E-state index >= 15 is 0 Å². The molecule has 0 radical (unpaired) electrons. The first-order chi connectivity index (χ1) is 13.0. The zero-order valence-electron chi connectivity index (χ0n) is 14.6. The third kappa shape index (κ3) is 4.35. The number of aromatic nitrogens is 2. The van der Waals surface area contributed by atoms with Gasteiger partial charge in [-0.3, -0.25) is 0 Å². The normalized spacial score (nSPS) is 10.4. The van der Waals surface area contributed by atoms with Crippen molar-refractivity contribution in [1.82, 2.24) is 9.97 Å². The number of hydrogen-bond acceptors (Lipinski definition) is 7. The Balaban J connectivity index is 1.90. The summed E-state index contributed by atoms with van der Waals surface area (Å²) in [6.45, 7) is 0. The van der Waals surface area contributed by atoms with E-state index in [2.05, 4.69) is 36.5 Å². The van der Waals surface area contributed by atoms with Gasteiger partial charge in [-0.15, -0.1) is 0 Å². The molecule has 0 atom stereocenters. The first-order valence-electron chi connectivity index (χ1n) is 7.83. The van der Waals surface area contributed by atoms with E-state index < -0.39 is 0 Å². The van der Waals surface area contributed by atoms with Crippen LogP contribution in [-0.4, -0.2) is 24.2 Å². The first kappa shape index (κ1) is 19.1. The molecule has 27 heavy (non-hydrogen) atoms. The summed E-state index contributed by atoms with van der Waals surface area (Å²) < 4.78 is 11.6. The Morgan fingerprint density at radius 3 is 2.22 bits per heavy atom. The minimum Gasteiger partial charge on any atom is -0.495 e. The van der Waals surface area contributed by atoms with Gasteiger partial charge in [-0.2, -0.15) is 0 Å². The second-order valence-electron chi connectivity index (χ2n) is 5.43. The minimum absolute atomic E-state index is 0.356. The fourth-order valence-corrected chi connectivity index (χ4v) is 2.86. The predicted molar refractivity (Wildman–Crippen MR) is 112 cm³/mol. The molecule has 0 saturated carbocycles. The van der Waals surface area contributed by atoms with Crippen LogP contribution in [0.4, 0.5) is 28.7 Å². The molecule has 1 heterocycles. The molecule has 0 amide bonds. The number of anilines is 5. The lowest BCUT2D eigenvalue weighted by Crippen LogP contribution is -2.06. The highest BCUT2D eigenvalue weighted by atomic mass is 79.9. The summed E-state index contributed by atoms with van der Waals surface area (Å²) in [6.07, 6.45) is 1.41. The number of halogens is 2. The van der Waals surface area contributed by atoms with Gasteiger partial charge in [0.2, 0.25) is 0 Å². The third-order valence-corrected chi connectivity index (χ3v) is 4.54. The summed E-state index contributed by atoms with van der Waals surface area (Å²) >= 11 is 9.62. The quantitative estimate of drug-likeness (QED) is 0.487. The van der Waals surface area contributed by atoms with E-state index in [1.165, 1.54) is 13.4 Å². The molecule has 0 aliphatic heterocycles. The van der Waals surface area contributed by atoms with Crippen molar-refractivity contribution >= 4 is 56.2 Å². The number of nitrogens with one attached hydrogen (secondary N) is 2. The standard InChI is InChI=1S/C18H17BrClN5O2/c1-26-14-8-15(27-2)13(7-12(14)20)25-18-16(21)17(22-9-23-18)24-11-5-3-10(19)4-6-11/h3-9H,21H2,1-2H3,(H2,22,23,24,25). The molecule has 0 bridgehead atoms. The van der Waals surface area contributed by atoms with E-state index in [9.17, 15) is 0 Å². The maximum atomic E-state index is 6.24. The maximum Gasteiger partial charge on any atom is 0.159 e.